The van der Waals surface area contributed by atoms with E-state index in [0.717, 1.165) is 0 Å². The van der Waals surface area contributed by atoms with E-state index in [4.69, 9.17) is 9.47 Å². The molecular weight excluding hydrogens is 432 g/mol. The minimum atomic E-state index is -1.17. The molecule has 0 spiro atoms. The third kappa shape index (κ3) is 6.69. The maximum absolute atomic E-state index is 13.1. The molecule has 1 aromatic heterocycles. The van der Waals surface area contributed by atoms with E-state index in [0.29, 0.717) is 11.4 Å². The van der Waals surface area contributed by atoms with E-state index in [-0.39, 0.29) is 18.9 Å². The molecule has 0 aromatic carbocycles. The smallest absolute Gasteiger partial charge is 0.420 e. The summed E-state index contributed by atoms with van der Waals surface area (Å²) in [7, 11) is 0. The van der Waals surface area contributed by atoms with Crippen molar-refractivity contribution in [3.8, 4) is 0 Å². The Morgan fingerprint density at radius 2 is 1.61 bits per heavy atom. The largest absolute Gasteiger partial charge is 0.480 e. The lowest BCUT2D eigenvalue weighted by Gasteiger charge is -2.36. The first-order valence-corrected chi connectivity index (χ1v) is 10.8. The predicted molar refractivity (Wildman–Crippen MR) is 118 cm³/mol. The van der Waals surface area contributed by atoms with Crippen molar-refractivity contribution in [2.75, 3.05) is 0 Å². The normalized spacial score (nSPS) is 17.2. The fraction of sp³-hybridized carbons (Fsp3) is 0.682. The summed E-state index contributed by atoms with van der Waals surface area (Å²) >= 11 is 0. The molecule has 0 saturated carbocycles. The van der Waals surface area contributed by atoms with Crippen molar-refractivity contribution in [1.82, 2.24) is 19.8 Å². The second-order valence-electron chi connectivity index (χ2n) is 10.4. The first-order valence-electron chi connectivity index (χ1n) is 10.8. The van der Waals surface area contributed by atoms with Crippen LogP contribution in [0.2, 0.25) is 0 Å². The monoisotopic (exact) mass is 466 g/mol. The van der Waals surface area contributed by atoms with Gasteiger partial charge in [-0.3, -0.25) is 9.69 Å². The van der Waals surface area contributed by atoms with Gasteiger partial charge < -0.3 is 19.9 Å². The summed E-state index contributed by atoms with van der Waals surface area (Å²) in [6, 6.07) is -2.19. The molecule has 2 heterocycles. The van der Waals surface area contributed by atoms with Crippen molar-refractivity contribution in [3.63, 3.8) is 0 Å². The zero-order valence-electron chi connectivity index (χ0n) is 20.5. The number of imidazole rings is 1. The molecule has 0 radical (unpaired) electrons. The van der Waals surface area contributed by atoms with Crippen LogP contribution in [0, 0.1) is 5.92 Å². The van der Waals surface area contributed by atoms with E-state index in [1.807, 2.05) is 0 Å². The lowest BCUT2D eigenvalue weighted by atomic mass is 9.99. The van der Waals surface area contributed by atoms with Crippen LogP contribution < -0.4 is 5.32 Å². The zero-order valence-corrected chi connectivity index (χ0v) is 20.5. The summed E-state index contributed by atoms with van der Waals surface area (Å²) < 4.78 is 12.1. The van der Waals surface area contributed by atoms with E-state index in [1.54, 1.807) is 55.4 Å². The fourth-order valence-electron chi connectivity index (χ4n) is 3.29. The number of ether oxygens (including phenoxy) is 2. The van der Waals surface area contributed by atoms with Crippen LogP contribution in [-0.4, -0.2) is 66.9 Å². The van der Waals surface area contributed by atoms with Crippen molar-refractivity contribution in [1.29, 1.82) is 0 Å². The Balaban J connectivity index is 2.40. The van der Waals surface area contributed by atoms with E-state index in [9.17, 15) is 24.3 Å². The number of nitrogens with zero attached hydrogens (tertiary/aromatic N) is 3. The number of carbonyl (C=O) groups excluding carboxylic acids is 3. The number of fused-ring (bicyclic) bond motifs is 1. The number of aliphatic carboxylic acids is 1. The molecule has 0 fully saturated rings. The molecule has 0 unspecified atom stereocenters. The van der Waals surface area contributed by atoms with E-state index in [1.165, 1.54) is 15.8 Å². The van der Waals surface area contributed by atoms with Crippen molar-refractivity contribution >= 4 is 24.1 Å². The summed E-state index contributed by atoms with van der Waals surface area (Å²) in [6.45, 7) is 13.5. The van der Waals surface area contributed by atoms with Gasteiger partial charge in [-0.1, -0.05) is 13.8 Å². The SMILES string of the molecule is CC(C)[C@H](NC(=O)[C@@H]1Cc2ncn(C(=O)OC(C)(C)C)c2CN1C(=O)OC(C)(C)C)C(=O)O. The van der Waals surface area contributed by atoms with Crippen LogP contribution in [0.5, 0.6) is 0 Å². The summed E-state index contributed by atoms with van der Waals surface area (Å²) in [6.07, 6.45) is -0.142. The first kappa shape index (κ1) is 26.1. The van der Waals surface area contributed by atoms with Gasteiger partial charge in [0.05, 0.1) is 17.9 Å². The Labute approximate surface area is 193 Å². The predicted octanol–water partition coefficient (Wildman–Crippen LogP) is 2.55. The number of carboxylic acids is 1. The number of amides is 2. The van der Waals surface area contributed by atoms with Crippen molar-refractivity contribution in [2.24, 2.45) is 5.92 Å². The van der Waals surface area contributed by atoms with Gasteiger partial charge in [0.15, 0.2) is 0 Å². The van der Waals surface area contributed by atoms with Crippen LogP contribution in [0.1, 0.15) is 66.8 Å². The molecule has 2 atom stereocenters. The number of rotatable bonds is 4. The summed E-state index contributed by atoms with van der Waals surface area (Å²) in [5.74, 6) is -2.18. The molecule has 1 aromatic rings. The van der Waals surface area contributed by atoms with Gasteiger partial charge in [0.1, 0.15) is 29.6 Å². The Hall–Kier alpha value is -3.11. The Morgan fingerprint density at radius 3 is 2.09 bits per heavy atom. The van der Waals surface area contributed by atoms with Gasteiger partial charge in [0.25, 0.3) is 0 Å². The highest BCUT2D eigenvalue weighted by atomic mass is 16.6. The van der Waals surface area contributed by atoms with E-state index < -0.39 is 47.3 Å². The molecule has 0 aliphatic carbocycles. The van der Waals surface area contributed by atoms with Crippen molar-refractivity contribution in [3.05, 3.63) is 17.7 Å². The van der Waals surface area contributed by atoms with Gasteiger partial charge in [0.2, 0.25) is 5.91 Å². The summed E-state index contributed by atoms with van der Waals surface area (Å²) in [4.78, 5) is 55.7. The van der Waals surface area contributed by atoms with Crippen LogP contribution in [-0.2, 0) is 32.0 Å². The molecule has 2 amide bonds. The standard InChI is InChI=1S/C22H34N4O7/c1-12(2)16(18(28)29)24-17(27)14-9-13-15(10-25(14)19(30)32-21(3,4)5)26(11-23-13)20(31)33-22(6,7)8/h11-12,14,16H,9-10H2,1-8H3,(H,24,27)(H,28,29)/t14-,16-/m0/s1. The molecule has 2 N–H and O–H groups in total. The molecule has 184 valence electrons. The number of aromatic nitrogens is 2. The Kier molecular flexibility index (Phi) is 7.45. The molecule has 0 bridgehead atoms. The molecule has 1 aliphatic heterocycles. The van der Waals surface area contributed by atoms with Gasteiger partial charge in [-0.05, 0) is 47.5 Å². The summed E-state index contributed by atoms with van der Waals surface area (Å²) in [5, 5.41) is 12.0. The molecule has 1 aliphatic rings. The van der Waals surface area contributed by atoms with E-state index >= 15 is 0 Å². The second-order valence-corrected chi connectivity index (χ2v) is 10.4. The lowest BCUT2D eigenvalue weighted by molar-refractivity contribution is -0.144. The number of hydrogen-bond donors (Lipinski definition) is 2. The van der Waals surface area contributed by atoms with Gasteiger partial charge in [0, 0.05) is 6.42 Å². The van der Waals surface area contributed by atoms with Crippen LogP contribution in [0.4, 0.5) is 9.59 Å². The maximum Gasteiger partial charge on any atom is 0.420 e. The number of hydrogen-bond acceptors (Lipinski definition) is 7. The van der Waals surface area contributed by atoms with Crippen LogP contribution in [0.3, 0.4) is 0 Å². The van der Waals surface area contributed by atoms with Gasteiger partial charge in [-0.2, -0.15) is 0 Å². The fourth-order valence-corrected chi connectivity index (χ4v) is 3.29. The van der Waals surface area contributed by atoms with Gasteiger partial charge >= 0.3 is 18.2 Å². The molecular formula is C22H34N4O7. The minimum absolute atomic E-state index is 0.0133. The quantitative estimate of drug-likeness (QED) is 0.690. The Bertz CT molecular complexity index is 924. The highest BCUT2D eigenvalue weighted by Crippen LogP contribution is 2.26. The molecule has 11 heteroatoms. The van der Waals surface area contributed by atoms with Crippen LogP contribution >= 0.6 is 0 Å². The average molecular weight is 467 g/mol. The number of carbonyl (C=O) groups is 4. The van der Waals surface area contributed by atoms with Crippen LogP contribution in [0.15, 0.2) is 6.33 Å². The highest BCUT2D eigenvalue weighted by Gasteiger charge is 2.41. The van der Waals surface area contributed by atoms with Crippen molar-refractivity contribution in [2.45, 2.75) is 91.6 Å². The van der Waals surface area contributed by atoms with Crippen LogP contribution in [0.25, 0.3) is 0 Å². The molecule has 11 nitrogen and oxygen atoms in total. The molecule has 2 rings (SSSR count). The van der Waals surface area contributed by atoms with Gasteiger partial charge in [-0.25, -0.2) is 23.9 Å². The topological polar surface area (TPSA) is 140 Å². The maximum atomic E-state index is 13.1. The van der Waals surface area contributed by atoms with E-state index in [2.05, 4.69) is 10.3 Å². The molecule has 0 saturated heterocycles. The van der Waals surface area contributed by atoms with Gasteiger partial charge in [-0.15, -0.1) is 0 Å². The lowest BCUT2D eigenvalue weighted by Crippen LogP contribution is -2.57. The zero-order chi connectivity index (χ0) is 25.3. The number of nitrogens with one attached hydrogen (secondary N) is 1. The molecule has 33 heavy (non-hydrogen) atoms. The third-order valence-corrected chi connectivity index (χ3v) is 4.79. The average Bonchev–Trinajstić information content (AvgIpc) is 3.04. The summed E-state index contributed by atoms with van der Waals surface area (Å²) in [5.41, 5.74) is -0.723. The second kappa shape index (κ2) is 9.40. The third-order valence-electron chi connectivity index (χ3n) is 4.79. The van der Waals surface area contributed by atoms with Crippen molar-refractivity contribution < 1.29 is 33.8 Å². The number of carboxylic acid groups (broad SMARTS) is 1. The Morgan fingerprint density at radius 1 is 1.06 bits per heavy atom. The highest BCUT2D eigenvalue weighted by molar-refractivity contribution is 5.90. The first-order chi connectivity index (χ1) is 15.0. The minimum Gasteiger partial charge on any atom is -0.480 e.